The molecule has 3 N–H and O–H groups in total. The highest BCUT2D eigenvalue weighted by atomic mass is 16.5. The van der Waals surface area contributed by atoms with Gasteiger partial charge in [0, 0.05) is 13.2 Å². The molecular weight excluding hydrogens is 192 g/mol. The predicted molar refractivity (Wildman–Crippen MR) is 59.4 cm³/mol. The van der Waals surface area contributed by atoms with Gasteiger partial charge in [-0.2, -0.15) is 0 Å². The molecule has 1 aliphatic rings. The Morgan fingerprint density at radius 2 is 2.33 bits per heavy atom. The summed E-state index contributed by atoms with van der Waals surface area (Å²) < 4.78 is 4.97. The van der Waals surface area contributed by atoms with Gasteiger partial charge in [-0.15, -0.1) is 0 Å². The van der Waals surface area contributed by atoms with E-state index in [0.717, 1.165) is 18.8 Å². The maximum absolute atomic E-state index is 11.1. The number of amides is 1. The van der Waals surface area contributed by atoms with E-state index in [4.69, 9.17) is 10.5 Å². The molecule has 1 aliphatic carbocycles. The van der Waals surface area contributed by atoms with Crippen molar-refractivity contribution in [1.82, 2.24) is 5.32 Å². The normalized spacial score (nSPS) is 28.7. The lowest BCUT2D eigenvalue weighted by molar-refractivity contribution is -0.121. The summed E-state index contributed by atoms with van der Waals surface area (Å²) in [6.45, 7) is 2.61. The van der Waals surface area contributed by atoms with E-state index in [1.54, 1.807) is 7.11 Å². The summed E-state index contributed by atoms with van der Waals surface area (Å²) in [7, 11) is 1.58. The van der Waals surface area contributed by atoms with Crippen LogP contribution in [0.1, 0.15) is 32.6 Å². The second-order valence-corrected chi connectivity index (χ2v) is 4.55. The van der Waals surface area contributed by atoms with E-state index >= 15 is 0 Å². The van der Waals surface area contributed by atoms with Crippen molar-refractivity contribution in [1.29, 1.82) is 0 Å². The fourth-order valence-corrected chi connectivity index (χ4v) is 2.25. The lowest BCUT2D eigenvalue weighted by atomic mass is 9.87. The molecule has 15 heavy (non-hydrogen) atoms. The van der Waals surface area contributed by atoms with E-state index in [1.165, 1.54) is 12.8 Å². The van der Waals surface area contributed by atoms with E-state index in [2.05, 4.69) is 12.2 Å². The first-order valence-corrected chi connectivity index (χ1v) is 5.67. The van der Waals surface area contributed by atoms with Crippen LogP contribution in [0.3, 0.4) is 0 Å². The summed E-state index contributed by atoms with van der Waals surface area (Å²) in [6, 6.07) is 0.0756. The Morgan fingerprint density at radius 1 is 1.60 bits per heavy atom. The van der Waals surface area contributed by atoms with Crippen molar-refractivity contribution in [2.24, 2.45) is 11.7 Å². The van der Waals surface area contributed by atoms with Gasteiger partial charge in [0.1, 0.15) is 6.04 Å². The van der Waals surface area contributed by atoms with Gasteiger partial charge in [0.15, 0.2) is 0 Å². The summed E-state index contributed by atoms with van der Waals surface area (Å²) in [6.07, 6.45) is 4.80. The Morgan fingerprint density at radius 3 is 2.87 bits per heavy atom. The van der Waals surface area contributed by atoms with Crippen molar-refractivity contribution in [2.75, 3.05) is 13.7 Å². The third-order valence-corrected chi connectivity index (χ3v) is 3.05. The molecule has 1 fully saturated rings. The highest BCUT2D eigenvalue weighted by Crippen LogP contribution is 2.23. The van der Waals surface area contributed by atoms with E-state index in [9.17, 15) is 4.79 Å². The minimum atomic E-state index is -0.342. The van der Waals surface area contributed by atoms with Crippen LogP contribution in [-0.4, -0.2) is 31.7 Å². The van der Waals surface area contributed by atoms with Gasteiger partial charge in [0.05, 0.1) is 6.61 Å². The Labute approximate surface area is 91.5 Å². The second kappa shape index (κ2) is 6.08. The Hall–Kier alpha value is -0.610. The molecule has 0 spiro atoms. The predicted octanol–water partition coefficient (Wildman–Crippen LogP) is 0.655. The molecule has 1 saturated carbocycles. The molecule has 0 aromatic rings. The van der Waals surface area contributed by atoms with E-state index in [-0.39, 0.29) is 11.9 Å². The maximum Gasteiger partial charge on any atom is 0.236 e. The number of hydrogen-bond acceptors (Lipinski definition) is 3. The minimum absolute atomic E-state index is 0.324. The molecule has 4 nitrogen and oxygen atoms in total. The molecule has 0 aliphatic heterocycles. The third kappa shape index (κ3) is 4.18. The Kier molecular flexibility index (Phi) is 5.05. The van der Waals surface area contributed by atoms with Crippen molar-refractivity contribution >= 4 is 5.91 Å². The molecule has 1 amide bonds. The van der Waals surface area contributed by atoms with E-state index < -0.39 is 0 Å². The number of nitrogens with one attached hydrogen (secondary N) is 1. The lowest BCUT2D eigenvalue weighted by Gasteiger charge is -2.30. The van der Waals surface area contributed by atoms with Crippen LogP contribution in [0.4, 0.5) is 0 Å². The number of ether oxygens (including phenoxy) is 1. The fourth-order valence-electron chi connectivity index (χ4n) is 2.25. The van der Waals surface area contributed by atoms with Gasteiger partial charge in [-0.05, 0) is 18.8 Å². The summed E-state index contributed by atoms with van der Waals surface area (Å²) >= 11 is 0. The SMILES string of the molecule is COCC(NC1CCCC(C)C1)C(N)=O. The molecule has 3 atom stereocenters. The van der Waals surface area contributed by atoms with Crippen LogP contribution >= 0.6 is 0 Å². The molecule has 0 aromatic carbocycles. The first-order chi connectivity index (χ1) is 7.13. The highest BCUT2D eigenvalue weighted by Gasteiger charge is 2.23. The molecule has 0 aromatic heterocycles. The molecule has 88 valence electrons. The fraction of sp³-hybridized carbons (Fsp3) is 0.909. The summed E-state index contributed by atoms with van der Waals surface area (Å²) in [5.74, 6) is 0.419. The monoisotopic (exact) mass is 214 g/mol. The zero-order valence-electron chi connectivity index (χ0n) is 9.66. The highest BCUT2D eigenvalue weighted by molar-refractivity contribution is 5.80. The first kappa shape index (κ1) is 12.5. The average molecular weight is 214 g/mol. The molecule has 4 heteroatoms. The largest absolute Gasteiger partial charge is 0.383 e. The van der Waals surface area contributed by atoms with Gasteiger partial charge in [-0.1, -0.05) is 19.8 Å². The molecule has 3 unspecified atom stereocenters. The van der Waals surface area contributed by atoms with Crippen molar-refractivity contribution in [3.8, 4) is 0 Å². The first-order valence-electron chi connectivity index (χ1n) is 5.67. The number of hydrogen-bond donors (Lipinski definition) is 2. The molecule has 0 saturated heterocycles. The van der Waals surface area contributed by atoms with Crippen molar-refractivity contribution in [3.05, 3.63) is 0 Å². The van der Waals surface area contributed by atoms with Gasteiger partial charge in [0.25, 0.3) is 0 Å². The van der Waals surface area contributed by atoms with Gasteiger partial charge >= 0.3 is 0 Å². The second-order valence-electron chi connectivity index (χ2n) is 4.55. The van der Waals surface area contributed by atoms with Gasteiger partial charge < -0.3 is 15.8 Å². The average Bonchev–Trinajstić information content (AvgIpc) is 2.17. The van der Waals surface area contributed by atoms with Crippen LogP contribution in [0, 0.1) is 5.92 Å². The zero-order chi connectivity index (χ0) is 11.3. The summed E-state index contributed by atoms with van der Waals surface area (Å²) in [5.41, 5.74) is 5.29. The Balaban J connectivity index is 2.39. The van der Waals surface area contributed by atoms with Crippen LogP contribution in [0.5, 0.6) is 0 Å². The number of nitrogens with two attached hydrogens (primary N) is 1. The zero-order valence-corrected chi connectivity index (χ0v) is 9.66. The third-order valence-electron chi connectivity index (χ3n) is 3.05. The molecule has 1 rings (SSSR count). The number of primary amides is 1. The van der Waals surface area contributed by atoms with Gasteiger partial charge in [-0.25, -0.2) is 0 Å². The minimum Gasteiger partial charge on any atom is -0.383 e. The molecule has 0 bridgehead atoms. The number of methoxy groups -OCH3 is 1. The van der Waals surface area contributed by atoms with Crippen molar-refractivity contribution in [3.63, 3.8) is 0 Å². The van der Waals surface area contributed by atoms with Crippen LogP contribution in [0.25, 0.3) is 0 Å². The van der Waals surface area contributed by atoms with E-state index in [1.807, 2.05) is 0 Å². The van der Waals surface area contributed by atoms with Crippen LogP contribution in [0.15, 0.2) is 0 Å². The quantitative estimate of drug-likeness (QED) is 0.706. The van der Waals surface area contributed by atoms with Crippen molar-refractivity contribution in [2.45, 2.75) is 44.7 Å². The van der Waals surface area contributed by atoms with E-state index in [0.29, 0.717) is 12.6 Å². The molecular formula is C11H22N2O2. The van der Waals surface area contributed by atoms with Gasteiger partial charge in [-0.3, -0.25) is 4.79 Å². The number of rotatable bonds is 5. The van der Waals surface area contributed by atoms with Crippen LogP contribution < -0.4 is 11.1 Å². The summed E-state index contributed by atoms with van der Waals surface area (Å²) in [4.78, 5) is 11.1. The number of carbonyl (C=O) groups is 1. The Bertz CT molecular complexity index is 209. The van der Waals surface area contributed by atoms with Gasteiger partial charge in [0.2, 0.25) is 5.91 Å². The van der Waals surface area contributed by atoms with Crippen LogP contribution in [0.2, 0.25) is 0 Å². The number of carbonyl (C=O) groups excluding carboxylic acids is 1. The standard InChI is InChI=1S/C11H22N2O2/c1-8-4-3-5-9(6-8)13-10(7-15-2)11(12)14/h8-10,13H,3-7H2,1-2H3,(H2,12,14). The maximum atomic E-state index is 11.1. The summed E-state index contributed by atoms with van der Waals surface area (Å²) in [5, 5.41) is 3.29. The van der Waals surface area contributed by atoms with Crippen LogP contribution in [-0.2, 0) is 9.53 Å². The lowest BCUT2D eigenvalue weighted by Crippen LogP contribution is -2.50. The topological polar surface area (TPSA) is 64.3 Å². The molecule has 0 heterocycles. The van der Waals surface area contributed by atoms with Crippen molar-refractivity contribution < 1.29 is 9.53 Å². The molecule has 0 radical (unpaired) electrons. The smallest absolute Gasteiger partial charge is 0.236 e.